The quantitative estimate of drug-likeness (QED) is 0.588. The van der Waals surface area contributed by atoms with Crippen molar-refractivity contribution in [1.29, 1.82) is 0 Å². The molecule has 0 aliphatic rings. The molecule has 0 saturated heterocycles. The topological polar surface area (TPSA) is 65.4 Å². The van der Waals surface area contributed by atoms with E-state index in [-0.39, 0.29) is 11.7 Å². The van der Waals surface area contributed by atoms with E-state index < -0.39 is 0 Å². The van der Waals surface area contributed by atoms with Crippen LogP contribution in [0.4, 0.5) is 5.69 Å². The number of methoxy groups -OCH3 is 2. The minimum absolute atomic E-state index is 0.169. The molecule has 27 heavy (non-hydrogen) atoms. The lowest BCUT2D eigenvalue weighted by molar-refractivity contribution is -0.113. The predicted octanol–water partition coefficient (Wildman–Crippen LogP) is 4.46. The number of hydrogen-bond acceptors (Lipinski definition) is 5. The van der Waals surface area contributed by atoms with Crippen LogP contribution in [0.3, 0.4) is 0 Å². The number of imidazole rings is 1. The van der Waals surface area contributed by atoms with Crippen LogP contribution in [-0.2, 0) is 11.3 Å². The molecular formula is C19H20ClN3O3S. The molecule has 3 rings (SSSR count). The highest BCUT2D eigenvalue weighted by molar-refractivity contribution is 7.99. The first kappa shape index (κ1) is 19.4. The van der Waals surface area contributed by atoms with Crippen molar-refractivity contribution in [3.63, 3.8) is 0 Å². The molecule has 1 amide bonds. The maximum atomic E-state index is 12.5. The zero-order chi connectivity index (χ0) is 19.4. The van der Waals surface area contributed by atoms with E-state index in [1.165, 1.54) is 26.0 Å². The summed E-state index contributed by atoms with van der Waals surface area (Å²) in [6, 6.07) is 11.2. The second-order valence-corrected chi connectivity index (χ2v) is 7.00. The summed E-state index contributed by atoms with van der Waals surface area (Å²) in [6.45, 7) is 2.84. The number of aryl methyl sites for hydroxylation is 1. The molecule has 0 aliphatic heterocycles. The predicted molar refractivity (Wildman–Crippen MR) is 109 cm³/mol. The average Bonchev–Trinajstić information content (AvgIpc) is 3.04. The van der Waals surface area contributed by atoms with Crippen molar-refractivity contribution in [2.24, 2.45) is 0 Å². The number of rotatable bonds is 7. The van der Waals surface area contributed by atoms with Gasteiger partial charge in [-0.15, -0.1) is 0 Å². The number of ether oxygens (including phenoxy) is 2. The Morgan fingerprint density at radius 3 is 2.67 bits per heavy atom. The van der Waals surface area contributed by atoms with Crippen LogP contribution in [0.2, 0.25) is 5.02 Å². The molecule has 0 saturated carbocycles. The summed E-state index contributed by atoms with van der Waals surface area (Å²) in [5, 5.41) is 4.07. The van der Waals surface area contributed by atoms with E-state index in [9.17, 15) is 4.79 Å². The minimum atomic E-state index is -0.169. The number of nitrogens with zero attached hydrogens (tertiary/aromatic N) is 2. The summed E-state index contributed by atoms with van der Waals surface area (Å²) >= 11 is 7.49. The van der Waals surface area contributed by atoms with E-state index in [4.69, 9.17) is 21.1 Å². The highest BCUT2D eigenvalue weighted by atomic mass is 35.5. The van der Waals surface area contributed by atoms with E-state index in [0.29, 0.717) is 22.2 Å². The fourth-order valence-electron chi connectivity index (χ4n) is 2.74. The molecule has 1 heterocycles. The Kier molecular flexibility index (Phi) is 6.13. The number of aromatic nitrogens is 2. The number of carbonyl (C=O) groups is 1. The van der Waals surface area contributed by atoms with Gasteiger partial charge in [0, 0.05) is 18.7 Å². The first-order valence-electron chi connectivity index (χ1n) is 8.36. The second kappa shape index (κ2) is 8.54. The molecule has 0 spiro atoms. The number of fused-ring (bicyclic) bond motifs is 1. The zero-order valence-corrected chi connectivity index (χ0v) is 16.9. The van der Waals surface area contributed by atoms with Gasteiger partial charge in [0.05, 0.1) is 41.7 Å². The van der Waals surface area contributed by atoms with Crippen LogP contribution in [0, 0.1) is 0 Å². The number of amides is 1. The molecule has 2 aromatic carbocycles. The summed E-state index contributed by atoms with van der Waals surface area (Å²) in [4.78, 5) is 17.1. The van der Waals surface area contributed by atoms with Gasteiger partial charge in [0.1, 0.15) is 11.5 Å². The molecule has 1 aromatic heterocycles. The molecule has 0 aliphatic carbocycles. The molecule has 6 nitrogen and oxygen atoms in total. The van der Waals surface area contributed by atoms with Crippen molar-refractivity contribution in [3.8, 4) is 11.5 Å². The Balaban J connectivity index is 1.74. The molecule has 0 radical (unpaired) electrons. The van der Waals surface area contributed by atoms with Gasteiger partial charge in [-0.25, -0.2) is 4.98 Å². The van der Waals surface area contributed by atoms with Crippen LogP contribution in [0.15, 0.2) is 41.6 Å². The lowest BCUT2D eigenvalue weighted by Gasteiger charge is -2.13. The number of para-hydroxylation sites is 2. The zero-order valence-electron chi connectivity index (χ0n) is 15.3. The lowest BCUT2D eigenvalue weighted by Crippen LogP contribution is -2.15. The van der Waals surface area contributed by atoms with Crippen LogP contribution in [0.1, 0.15) is 6.92 Å². The third-order valence-corrected chi connectivity index (χ3v) is 5.29. The van der Waals surface area contributed by atoms with Gasteiger partial charge in [-0.3, -0.25) is 4.79 Å². The fourth-order valence-corrected chi connectivity index (χ4v) is 3.85. The smallest absolute Gasteiger partial charge is 0.234 e. The Morgan fingerprint density at radius 2 is 1.96 bits per heavy atom. The number of benzene rings is 2. The first-order valence-corrected chi connectivity index (χ1v) is 9.73. The fraction of sp³-hybridized carbons (Fsp3) is 0.263. The number of halogens is 1. The molecule has 0 unspecified atom stereocenters. The molecular weight excluding hydrogens is 386 g/mol. The molecule has 8 heteroatoms. The van der Waals surface area contributed by atoms with Gasteiger partial charge in [0.25, 0.3) is 0 Å². The second-order valence-electron chi connectivity index (χ2n) is 5.65. The number of carbonyl (C=O) groups excluding carboxylic acids is 1. The van der Waals surface area contributed by atoms with Crippen LogP contribution in [-0.4, -0.2) is 35.4 Å². The van der Waals surface area contributed by atoms with E-state index in [1.807, 2.05) is 24.3 Å². The third kappa shape index (κ3) is 4.14. The van der Waals surface area contributed by atoms with Gasteiger partial charge in [-0.2, -0.15) is 0 Å². The summed E-state index contributed by atoms with van der Waals surface area (Å²) in [7, 11) is 3.04. The van der Waals surface area contributed by atoms with Crippen LogP contribution < -0.4 is 14.8 Å². The summed E-state index contributed by atoms with van der Waals surface area (Å²) < 4.78 is 12.6. The SMILES string of the molecule is CCn1c(SCC(=O)Nc2cc(OC)c(Cl)cc2OC)nc2ccccc21. The van der Waals surface area contributed by atoms with Crippen molar-refractivity contribution in [3.05, 3.63) is 41.4 Å². The number of hydrogen-bond donors (Lipinski definition) is 1. The molecule has 0 bridgehead atoms. The maximum absolute atomic E-state index is 12.5. The third-order valence-electron chi connectivity index (χ3n) is 4.02. The highest BCUT2D eigenvalue weighted by Crippen LogP contribution is 2.36. The van der Waals surface area contributed by atoms with Gasteiger partial charge in [-0.1, -0.05) is 35.5 Å². The Morgan fingerprint density at radius 1 is 1.22 bits per heavy atom. The largest absolute Gasteiger partial charge is 0.495 e. The monoisotopic (exact) mass is 405 g/mol. The van der Waals surface area contributed by atoms with Gasteiger partial charge < -0.3 is 19.4 Å². The van der Waals surface area contributed by atoms with Crippen molar-refractivity contribution in [1.82, 2.24) is 9.55 Å². The van der Waals surface area contributed by atoms with Crippen molar-refractivity contribution in [2.75, 3.05) is 25.3 Å². The van der Waals surface area contributed by atoms with E-state index >= 15 is 0 Å². The van der Waals surface area contributed by atoms with E-state index in [2.05, 4.69) is 21.8 Å². The summed E-state index contributed by atoms with van der Waals surface area (Å²) in [5.41, 5.74) is 2.49. The minimum Gasteiger partial charge on any atom is -0.495 e. The molecule has 0 fully saturated rings. The maximum Gasteiger partial charge on any atom is 0.234 e. The number of nitrogens with one attached hydrogen (secondary N) is 1. The van der Waals surface area contributed by atoms with Crippen LogP contribution >= 0.6 is 23.4 Å². The van der Waals surface area contributed by atoms with E-state index in [0.717, 1.165) is 22.7 Å². The Bertz CT molecular complexity index is 974. The van der Waals surface area contributed by atoms with Crippen molar-refractivity contribution >= 4 is 46.0 Å². The average molecular weight is 406 g/mol. The van der Waals surface area contributed by atoms with Gasteiger partial charge in [0.15, 0.2) is 5.16 Å². The molecule has 0 atom stereocenters. The molecule has 3 aromatic rings. The summed E-state index contributed by atoms with van der Waals surface area (Å²) in [6.07, 6.45) is 0. The highest BCUT2D eigenvalue weighted by Gasteiger charge is 2.15. The van der Waals surface area contributed by atoms with Gasteiger partial charge in [-0.05, 0) is 19.1 Å². The van der Waals surface area contributed by atoms with Gasteiger partial charge >= 0.3 is 0 Å². The Hall–Kier alpha value is -2.38. The van der Waals surface area contributed by atoms with Gasteiger partial charge in [0.2, 0.25) is 5.91 Å². The number of thioether (sulfide) groups is 1. The first-order chi connectivity index (χ1) is 13.1. The lowest BCUT2D eigenvalue weighted by atomic mass is 10.2. The molecule has 1 N–H and O–H groups in total. The van der Waals surface area contributed by atoms with Crippen LogP contribution in [0.5, 0.6) is 11.5 Å². The van der Waals surface area contributed by atoms with Crippen molar-refractivity contribution < 1.29 is 14.3 Å². The normalized spacial score (nSPS) is 10.8. The standard InChI is InChI=1S/C19H20ClN3O3S/c1-4-23-15-8-6-5-7-13(15)22-19(23)27-11-18(24)21-14-10-16(25-2)12(20)9-17(14)26-3/h5-10H,4,11H2,1-3H3,(H,21,24). The Labute approximate surface area is 166 Å². The van der Waals surface area contributed by atoms with E-state index in [1.54, 1.807) is 12.1 Å². The number of anilines is 1. The van der Waals surface area contributed by atoms with Crippen molar-refractivity contribution in [2.45, 2.75) is 18.6 Å². The summed E-state index contributed by atoms with van der Waals surface area (Å²) in [5.74, 6) is 0.989. The molecule has 142 valence electrons. The van der Waals surface area contributed by atoms with Crippen LogP contribution in [0.25, 0.3) is 11.0 Å².